The number of rotatable bonds is 1. The van der Waals surface area contributed by atoms with E-state index in [0.29, 0.717) is 14.8 Å². The molecular weight excluding hydrogens is 260 g/mol. The third-order valence-corrected chi connectivity index (χ3v) is 2.16. The summed E-state index contributed by atoms with van der Waals surface area (Å²) in [6.07, 6.45) is 0. The van der Waals surface area contributed by atoms with Crippen molar-refractivity contribution in [1.29, 1.82) is 0 Å². The van der Waals surface area contributed by atoms with E-state index in [1.165, 1.54) is 12.1 Å². The Hall–Kier alpha value is -0.520. The number of hydrogen-bond donors (Lipinski definition) is 0. The lowest BCUT2D eigenvalue weighted by atomic mass is 10.2. The highest BCUT2D eigenvalue weighted by Gasteiger charge is 2.04. The van der Waals surface area contributed by atoms with Crippen molar-refractivity contribution in [3.05, 3.63) is 32.0 Å². The molecule has 1 aromatic carbocycles. The van der Waals surface area contributed by atoms with E-state index in [2.05, 4.69) is 5.18 Å². The maximum Gasteiger partial charge on any atom is 0.136 e. The number of nitroso groups, excluding NO2 is 1. The zero-order chi connectivity index (χ0) is 8.43. The fourth-order valence-corrected chi connectivity index (χ4v) is 1.18. The summed E-state index contributed by atoms with van der Waals surface area (Å²) in [6, 6.07) is 2.73. The number of benzene rings is 1. The topological polar surface area (TPSA) is 29.4 Å². The second kappa shape index (κ2) is 3.25. The van der Waals surface area contributed by atoms with Gasteiger partial charge in [0.05, 0.1) is 3.57 Å². The summed E-state index contributed by atoms with van der Waals surface area (Å²) in [5, 5.41) is 2.75. The minimum atomic E-state index is -0.310. The third kappa shape index (κ3) is 1.74. The van der Waals surface area contributed by atoms with Crippen LogP contribution < -0.4 is 0 Å². The first-order valence-corrected chi connectivity index (χ1v) is 4.02. The molecule has 0 saturated heterocycles. The van der Waals surface area contributed by atoms with Crippen LogP contribution in [0, 0.1) is 21.2 Å². The van der Waals surface area contributed by atoms with E-state index in [4.69, 9.17) is 0 Å². The molecule has 58 valence electrons. The molecule has 0 N–H and O–H groups in total. The average molecular weight is 265 g/mol. The van der Waals surface area contributed by atoms with Gasteiger partial charge in [-0.2, -0.15) is 0 Å². The van der Waals surface area contributed by atoms with E-state index < -0.39 is 0 Å². The predicted molar refractivity (Wildman–Crippen MR) is 49.3 cm³/mol. The summed E-state index contributed by atoms with van der Waals surface area (Å²) >= 11 is 1.82. The Bertz CT molecular complexity index is 301. The molecule has 0 amide bonds. The van der Waals surface area contributed by atoms with Crippen LogP contribution >= 0.6 is 22.6 Å². The molecule has 0 aliphatic rings. The zero-order valence-corrected chi connectivity index (χ0v) is 7.92. The maximum absolute atomic E-state index is 12.7. The first-order valence-electron chi connectivity index (χ1n) is 2.94. The molecule has 4 heteroatoms. The molecule has 0 saturated carbocycles. The molecule has 0 heterocycles. The molecule has 0 bridgehead atoms. The normalized spacial score (nSPS) is 9.73. The van der Waals surface area contributed by atoms with Gasteiger partial charge in [0.2, 0.25) is 0 Å². The standard InChI is InChI=1S/C7H5FINO/c1-4-2-5(8)6(9)3-7(4)10-11/h2-3H,1H3. The summed E-state index contributed by atoms with van der Waals surface area (Å²) in [4.78, 5) is 10.1. The molecule has 11 heavy (non-hydrogen) atoms. The fourth-order valence-electron chi connectivity index (χ4n) is 0.734. The summed E-state index contributed by atoms with van der Waals surface area (Å²) in [6.45, 7) is 1.65. The average Bonchev–Trinajstić information content (AvgIpc) is 1.97. The van der Waals surface area contributed by atoms with Crippen LogP contribution in [0.3, 0.4) is 0 Å². The first-order chi connectivity index (χ1) is 5.15. The number of nitrogens with zero attached hydrogens (tertiary/aromatic N) is 1. The monoisotopic (exact) mass is 265 g/mol. The second-order valence-corrected chi connectivity index (χ2v) is 3.31. The summed E-state index contributed by atoms with van der Waals surface area (Å²) < 4.78 is 13.2. The highest BCUT2D eigenvalue weighted by atomic mass is 127. The van der Waals surface area contributed by atoms with Crippen molar-refractivity contribution in [3.8, 4) is 0 Å². The Labute approximate surface area is 76.9 Å². The molecule has 0 aromatic heterocycles. The van der Waals surface area contributed by atoms with Gasteiger partial charge in [0.1, 0.15) is 11.5 Å². The Morgan fingerprint density at radius 2 is 2.18 bits per heavy atom. The molecule has 1 aromatic rings. The van der Waals surface area contributed by atoms with Crippen molar-refractivity contribution in [2.24, 2.45) is 5.18 Å². The van der Waals surface area contributed by atoms with Gasteiger partial charge in [0.25, 0.3) is 0 Å². The van der Waals surface area contributed by atoms with Gasteiger partial charge in [-0.15, -0.1) is 4.91 Å². The van der Waals surface area contributed by atoms with Crippen molar-refractivity contribution in [1.82, 2.24) is 0 Å². The minimum absolute atomic E-state index is 0.302. The van der Waals surface area contributed by atoms with Crippen molar-refractivity contribution < 1.29 is 4.39 Å². The van der Waals surface area contributed by atoms with Gasteiger partial charge in [-0.3, -0.25) is 0 Å². The molecular formula is C7H5FINO. The number of hydrogen-bond acceptors (Lipinski definition) is 2. The van der Waals surface area contributed by atoms with E-state index in [1.807, 2.05) is 22.6 Å². The van der Waals surface area contributed by atoms with Crippen LogP contribution in [0.25, 0.3) is 0 Å². The van der Waals surface area contributed by atoms with Crippen LogP contribution in [0.5, 0.6) is 0 Å². The first kappa shape index (κ1) is 8.58. The Balaban J connectivity index is 3.31. The van der Waals surface area contributed by atoms with Crippen molar-refractivity contribution >= 4 is 28.3 Å². The van der Waals surface area contributed by atoms with Gasteiger partial charge in [0.15, 0.2) is 0 Å². The Kier molecular flexibility index (Phi) is 2.53. The molecule has 0 aliphatic carbocycles. The molecule has 0 fully saturated rings. The molecule has 0 radical (unpaired) electrons. The van der Waals surface area contributed by atoms with E-state index in [0.717, 1.165) is 0 Å². The van der Waals surface area contributed by atoms with Crippen molar-refractivity contribution in [2.75, 3.05) is 0 Å². The van der Waals surface area contributed by atoms with E-state index in [9.17, 15) is 9.30 Å². The van der Waals surface area contributed by atoms with Crippen molar-refractivity contribution in [2.45, 2.75) is 6.92 Å². The van der Waals surface area contributed by atoms with Crippen LogP contribution in [0.2, 0.25) is 0 Å². The van der Waals surface area contributed by atoms with Crippen LogP contribution in [0.15, 0.2) is 17.3 Å². The predicted octanol–water partition coefficient (Wildman–Crippen LogP) is 3.14. The van der Waals surface area contributed by atoms with Crippen LogP contribution in [0.4, 0.5) is 10.1 Å². The SMILES string of the molecule is Cc1cc(F)c(I)cc1N=O. The second-order valence-electron chi connectivity index (χ2n) is 2.14. The molecule has 0 aliphatic heterocycles. The minimum Gasteiger partial charge on any atom is -0.206 e. The summed E-state index contributed by atoms with van der Waals surface area (Å²) in [7, 11) is 0. The maximum atomic E-state index is 12.7. The zero-order valence-electron chi connectivity index (χ0n) is 5.77. The van der Waals surface area contributed by atoms with Gasteiger partial charge in [-0.05, 0) is 52.4 Å². The van der Waals surface area contributed by atoms with E-state index in [1.54, 1.807) is 6.92 Å². The number of halogens is 2. The highest BCUT2D eigenvalue weighted by Crippen LogP contribution is 2.23. The van der Waals surface area contributed by atoms with Gasteiger partial charge in [0, 0.05) is 0 Å². The quantitative estimate of drug-likeness (QED) is 0.566. The van der Waals surface area contributed by atoms with Crippen LogP contribution in [-0.2, 0) is 0 Å². The van der Waals surface area contributed by atoms with Crippen LogP contribution in [0.1, 0.15) is 5.56 Å². The lowest BCUT2D eigenvalue weighted by Crippen LogP contribution is -1.83. The summed E-state index contributed by atoms with van der Waals surface area (Å²) in [5.74, 6) is -0.310. The van der Waals surface area contributed by atoms with Gasteiger partial charge in [-0.1, -0.05) is 0 Å². The van der Waals surface area contributed by atoms with Gasteiger partial charge >= 0.3 is 0 Å². The smallest absolute Gasteiger partial charge is 0.136 e. The lowest BCUT2D eigenvalue weighted by molar-refractivity contribution is 0.619. The van der Waals surface area contributed by atoms with Crippen molar-refractivity contribution in [3.63, 3.8) is 0 Å². The number of aryl methyl sites for hydroxylation is 1. The molecule has 2 nitrogen and oxygen atoms in total. The van der Waals surface area contributed by atoms with Crippen LogP contribution in [-0.4, -0.2) is 0 Å². The third-order valence-electron chi connectivity index (χ3n) is 1.34. The fraction of sp³-hybridized carbons (Fsp3) is 0.143. The van der Waals surface area contributed by atoms with E-state index >= 15 is 0 Å². The molecule has 0 spiro atoms. The van der Waals surface area contributed by atoms with Gasteiger partial charge < -0.3 is 0 Å². The summed E-state index contributed by atoms with van der Waals surface area (Å²) in [5.41, 5.74) is 0.869. The molecule has 1 rings (SSSR count). The Morgan fingerprint density at radius 3 is 2.73 bits per heavy atom. The van der Waals surface area contributed by atoms with E-state index in [-0.39, 0.29) is 5.82 Å². The lowest BCUT2D eigenvalue weighted by Gasteiger charge is -1.98. The largest absolute Gasteiger partial charge is 0.206 e. The molecule has 0 unspecified atom stereocenters. The highest BCUT2D eigenvalue weighted by molar-refractivity contribution is 14.1. The van der Waals surface area contributed by atoms with Gasteiger partial charge in [-0.25, -0.2) is 4.39 Å². The molecule has 0 atom stereocenters. The Morgan fingerprint density at radius 1 is 1.55 bits per heavy atom.